The molecule has 4 aliphatic heterocycles. The Morgan fingerprint density at radius 1 is 0.860 bits per heavy atom. The van der Waals surface area contributed by atoms with Crippen LogP contribution >= 0.6 is 12.1 Å². The lowest BCUT2D eigenvalue weighted by Crippen LogP contribution is -2.52. The molecule has 1 aliphatic carbocycles. The number of rotatable bonds is 5. The molecule has 2 aromatic carbocycles. The summed E-state index contributed by atoms with van der Waals surface area (Å²) < 4.78 is 4.68. The highest BCUT2D eigenvalue weighted by atomic mass is 32.2. The average molecular weight is 594 g/mol. The Labute approximate surface area is 257 Å². The number of nitrogens with zero attached hydrogens (tertiary/aromatic N) is 7. The van der Waals surface area contributed by atoms with Gasteiger partial charge < -0.3 is 20.1 Å². The number of para-hydroxylation sites is 1. The largest absolute Gasteiger partial charge is 0.371 e. The molecule has 5 aliphatic rings. The van der Waals surface area contributed by atoms with Crippen molar-refractivity contribution in [1.29, 1.82) is 0 Å². The number of benzene rings is 2. The van der Waals surface area contributed by atoms with Crippen LogP contribution in [0.5, 0.6) is 0 Å². The first kappa shape index (κ1) is 26.0. The summed E-state index contributed by atoms with van der Waals surface area (Å²) >= 11 is 1.75. The van der Waals surface area contributed by atoms with Gasteiger partial charge in [0.1, 0.15) is 5.65 Å². The molecule has 9 rings (SSSR count). The van der Waals surface area contributed by atoms with E-state index in [9.17, 15) is 0 Å². The number of hydrogen-bond donors (Lipinski definition) is 2. The number of fused-ring (bicyclic) bond motifs is 2. The summed E-state index contributed by atoms with van der Waals surface area (Å²) in [7, 11) is 2.25. The summed E-state index contributed by atoms with van der Waals surface area (Å²) in [5.74, 6) is 1.58. The van der Waals surface area contributed by atoms with Crippen LogP contribution in [0.4, 0.5) is 34.5 Å². The van der Waals surface area contributed by atoms with Crippen LogP contribution in [0, 0.1) is 0 Å². The van der Waals surface area contributed by atoms with Gasteiger partial charge in [-0.15, -0.1) is 0 Å². The zero-order valence-corrected chi connectivity index (χ0v) is 25.7. The lowest BCUT2D eigenvalue weighted by atomic mass is 9.99. The molecule has 0 bridgehead atoms. The lowest BCUT2D eigenvalue weighted by molar-refractivity contribution is 0.0982. The molecule has 2 aromatic heterocycles. The van der Waals surface area contributed by atoms with Crippen molar-refractivity contribution in [2.45, 2.75) is 44.6 Å². The molecule has 6 heterocycles. The number of aromatic amines is 1. The Morgan fingerprint density at radius 2 is 1.72 bits per heavy atom. The summed E-state index contributed by atoms with van der Waals surface area (Å²) in [6.45, 7) is 8.18. The molecule has 43 heavy (non-hydrogen) atoms. The fourth-order valence-electron chi connectivity index (χ4n) is 7.96. The topological polar surface area (TPSA) is 69.8 Å². The second-order valence-corrected chi connectivity index (χ2v) is 13.7. The van der Waals surface area contributed by atoms with Crippen molar-refractivity contribution in [3.63, 3.8) is 0 Å². The van der Waals surface area contributed by atoms with E-state index in [0.29, 0.717) is 5.95 Å². The first-order valence-corrected chi connectivity index (χ1v) is 16.7. The highest BCUT2D eigenvalue weighted by Gasteiger charge is 2.36. The predicted molar refractivity (Wildman–Crippen MR) is 177 cm³/mol. The Bertz CT molecular complexity index is 1690. The quantitative estimate of drug-likeness (QED) is 0.293. The van der Waals surface area contributed by atoms with Crippen molar-refractivity contribution < 1.29 is 0 Å². The minimum Gasteiger partial charge on any atom is -0.371 e. The van der Waals surface area contributed by atoms with Gasteiger partial charge in [-0.3, -0.25) is 9.21 Å². The van der Waals surface area contributed by atoms with Gasteiger partial charge in [0.2, 0.25) is 5.95 Å². The molecule has 0 saturated carbocycles. The zero-order chi connectivity index (χ0) is 28.5. The standard InChI is InChI=1S/C33H39N9S/c1-38-18-20-39(21-19-38)23-12-15-40(16-13-23)28-9-8-27(24-5-3-6-25(24)28)35-33-36-31-26(10-14-34-31)32(37-33)42-29-7-2-4-22-11-17-41(43-42)30(22)29/h2,4,7-10,14,23H,3,5-6,11-13,15-21H2,1H3,(H2,34,35,36,37). The first-order valence-electron chi connectivity index (χ1n) is 16.0. The van der Waals surface area contributed by atoms with Crippen LogP contribution in [0.25, 0.3) is 11.0 Å². The maximum atomic E-state index is 5.15. The minimum absolute atomic E-state index is 0.647. The van der Waals surface area contributed by atoms with Gasteiger partial charge >= 0.3 is 0 Å². The monoisotopic (exact) mass is 593 g/mol. The van der Waals surface area contributed by atoms with E-state index >= 15 is 0 Å². The molecule has 9 nitrogen and oxygen atoms in total. The molecule has 4 aromatic rings. The van der Waals surface area contributed by atoms with Gasteiger partial charge in [0, 0.05) is 69.4 Å². The number of anilines is 6. The molecular weight excluding hydrogens is 554 g/mol. The van der Waals surface area contributed by atoms with E-state index in [1.165, 1.54) is 79.2 Å². The van der Waals surface area contributed by atoms with Crippen molar-refractivity contribution in [3.05, 3.63) is 59.3 Å². The zero-order valence-electron chi connectivity index (χ0n) is 24.8. The Balaban J connectivity index is 0.982. The number of piperidine rings is 1. The van der Waals surface area contributed by atoms with E-state index in [-0.39, 0.29) is 0 Å². The third-order valence-corrected chi connectivity index (χ3v) is 11.4. The van der Waals surface area contributed by atoms with Crippen LogP contribution in [0.2, 0.25) is 0 Å². The van der Waals surface area contributed by atoms with Crippen molar-refractivity contribution in [1.82, 2.24) is 24.8 Å². The van der Waals surface area contributed by atoms with Crippen molar-refractivity contribution in [2.75, 3.05) is 71.7 Å². The van der Waals surface area contributed by atoms with Gasteiger partial charge in [0.15, 0.2) is 5.82 Å². The smallest absolute Gasteiger partial charge is 0.231 e. The normalized spacial score (nSPS) is 20.8. The fraction of sp³-hybridized carbons (Fsp3) is 0.455. The Hall–Kier alpha value is -3.47. The highest BCUT2D eigenvalue weighted by molar-refractivity contribution is 8.02. The highest BCUT2D eigenvalue weighted by Crippen LogP contribution is 2.54. The average Bonchev–Trinajstić information content (AvgIpc) is 3.85. The molecule has 2 fully saturated rings. The molecule has 0 radical (unpaired) electrons. The van der Waals surface area contributed by atoms with Gasteiger partial charge in [-0.2, -0.15) is 9.97 Å². The van der Waals surface area contributed by atoms with Crippen LogP contribution in [-0.2, 0) is 19.3 Å². The van der Waals surface area contributed by atoms with Crippen molar-refractivity contribution in [2.24, 2.45) is 0 Å². The summed E-state index contributed by atoms with van der Waals surface area (Å²) in [6, 6.07) is 14.1. The second kappa shape index (κ2) is 10.3. The maximum Gasteiger partial charge on any atom is 0.231 e. The van der Waals surface area contributed by atoms with E-state index in [0.717, 1.165) is 67.5 Å². The Kier molecular flexibility index (Phi) is 6.23. The Morgan fingerprint density at radius 3 is 2.60 bits per heavy atom. The van der Waals surface area contributed by atoms with E-state index in [1.54, 1.807) is 12.1 Å². The van der Waals surface area contributed by atoms with E-state index in [1.807, 2.05) is 6.20 Å². The summed E-state index contributed by atoms with van der Waals surface area (Å²) in [5, 5.41) is 4.71. The summed E-state index contributed by atoms with van der Waals surface area (Å²) in [4.78, 5) is 21.3. The van der Waals surface area contributed by atoms with Gasteiger partial charge in [0.25, 0.3) is 0 Å². The van der Waals surface area contributed by atoms with Crippen LogP contribution < -0.4 is 18.8 Å². The molecule has 0 amide bonds. The summed E-state index contributed by atoms with van der Waals surface area (Å²) in [6.07, 6.45) is 9.07. The number of likely N-dealkylation sites (N-methyl/N-ethyl adjacent to an activating group) is 1. The van der Waals surface area contributed by atoms with Crippen molar-refractivity contribution >= 4 is 57.7 Å². The van der Waals surface area contributed by atoms with Gasteiger partial charge in [-0.1, -0.05) is 12.1 Å². The number of H-pyrrole nitrogens is 1. The molecular formula is C33H39N9S. The lowest BCUT2D eigenvalue weighted by Gasteiger charge is -2.43. The van der Waals surface area contributed by atoms with Gasteiger partial charge in [-0.05, 0) is 86.5 Å². The number of hydrogen-bond acceptors (Lipinski definition) is 9. The number of aromatic nitrogens is 3. The molecule has 0 spiro atoms. The first-order chi connectivity index (χ1) is 21.2. The minimum atomic E-state index is 0.647. The van der Waals surface area contributed by atoms with E-state index in [4.69, 9.17) is 9.97 Å². The maximum absolute atomic E-state index is 5.15. The molecule has 0 unspecified atom stereocenters. The third kappa shape index (κ3) is 4.37. The molecule has 10 heteroatoms. The molecule has 0 atom stereocenters. The van der Waals surface area contributed by atoms with Crippen LogP contribution in [0.1, 0.15) is 36.0 Å². The number of piperazine rings is 1. The van der Waals surface area contributed by atoms with Crippen LogP contribution in [0.3, 0.4) is 0 Å². The fourth-order valence-corrected chi connectivity index (χ4v) is 9.07. The van der Waals surface area contributed by atoms with E-state index in [2.05, 4.69) is 77.1 Å². The van der Waals surface area contributed by atoms with Crippen LogP contribution in [-0.4, -0.2) is 83.7 Å². The molecule has 2 N–H and O–H groups in total. The molecule has 222 valence electrons. The second-order valence-electron chi connectivity index (χ2n) is 12.7. The predicted octanol–water partition coefficient (Wildman–Crippen LogP) is 5.48. The van der Waals surface area contributed by atoms with Gasteiger partial charge in [-0.25, -0.2) is 4.31 Å². The summed E-state index contributed by atoms with van der Waals surface area (Å²) in [5.41, 5.74) is 10.4. The van der Waals surface area contributed by atoms with Crippen LogP contribution in [0.15, 0.2) is 42.6 Å². The number of nitrogens with one attached hydrogen (secondary N) is 2. The van der Waals surface area contributed by atoms with Crippen molar-refractivity contribution in [3.8, 4) is 0 Å². The third-order valence-electron chi connectivity index (χ3n) is 10.3. The molecule has 2 saturated heterocycles. The van der Waals surface area contributed by atoms with E-state index < -0.39 is 0 Å². The SMILES string of the molecule is CN1CCN(C2CCN(c3ccc(Nc4nc(N5SN6CCc7cccc5c76)c5cc[nH]c5n4)c4c3CCC4)CC2)CC1. The van der Waals surface area contributed by atoms with Gasteiger partial charge in [0.05, 0.1) is 28.9 Å².